The molecule has 1 unspecified atom stereocenters. The number of aromatic nitrogens is 2. The summed E-state index contributed by atoms with van der Waals surface area (Å²) in [5.74, 6) is 2.16. The molecule has 2 rings (SSSR count). The minimum absolute atomic E-state index is 0.0502. The van der Waals surface area contributed by atoms with Crippen LogP contribution in [-0.4, -0.2) is 17.3 Å². The Hall–Kier alpha value is -1.56. The lowest BCUT2D eigenvalue weighted by molar-refractivity contribution is 0.410. The number of nitrogens with zero attached hydrogens (tertiary/aromatic N) is 2. The van der Waals surface area contributed by atoms with E-state index < -0.39 is 0 Å². The van der Waals surface area contributed by atoms with Crippen LogP contribution in [0.4, 0.5) is 4.39 Å². The summed E-state index contributed by atoms with van der Waals surface area (Å²) < 4.78 is 23.8. The van der Waals surface area contributed by atoms with Crippen LogP contribution in [0.5, 0.6) is 5.75 Å². The van der Waals surface area contributed by atoms with Gasteiger partial charge in [-0.25, -0.2) is 4.39 Å². The minimum atomic E-state index is -0.266. The molecule has 0 N–H and O–H groups in total. The summed E-state index contributed by atoms with van der Waals surface area (Å²) in [6.45, 7) is 3.73. The highest BCUT2D eigenvalue weighted by atomic mass is 32.2. The fraction of sp³-hybridized carbons (Fsp3) is 0.385. The van der Waals surface area contributed by atoms with E-state index in [9.17, 15) is 4.39 Å². The number of ether oxygens (including phenoxy) is 1. The monoisotopic (exact) mass is 282 g/mol. The highest BCUT2D eigenvalue weighted by molar-refractivity contribution is 7.98. The zero-order chi connectivity index (χ0) is 13.8. The molecule has 1 aromatic carbocycles. The molecule has 0 radical (unpaired) electrons. The van der Waals surface area contributed by atoms with Gasteiger partial charge >= 0.3 is 0 Å². The van der Waals surface area contributed by atoms with E-state index in [-0.39, 0.29) is 11.1 Å². The Morgan fingerprint density at radius 3 is 2.84 bits per heavy atom. The molecule has 1 aromatic heterocycles. The summed E-state index contributed by atoms with van der Waals surface area (Å²) in [5.41, 5.74) is 0.815. The molecular formula is C13H15FN2O2S. The van der Waals surface area contributed by atoms with Crippen molar-refractivity contribution < 1.29 is 13.5 Å². The average Bonchev–Trinajstić information content (AvgIpc) is 2.83. The lowest BCUT2D eigenvalue weighted by atomic mass is 10.2. The smallest absolute Gasteiger partial charge is 0.229 e. The van der Waals surface area contributed by atoms with Crippen LogP contribution in [0.3, 0.4) is 0 Å². The van der Waals surface area contributed by atoms with Crippen LogP contribution in [0.25, 0.3) is 0 Å². The second-order valence-electron chi connectivity index (χ2n) is 4.07. The third-order valence-electron chi connectivity index (χ3n) is 2.62. The Bertz CT molecular complexity index is 559. The lowest BCUT2D eigenvalue weighted by Crippen LogP contribution is -1.94. The van der Waals surface area contributed by atoms with E-state index >= 15 is 0 Å². The third-order valence-corrected chi connectivity index (χ3v) is 3.80. The zero-order valence-electron chi connectivity index (χ0n) is 11.0. The Labute approximate surface area is 115 Å². The Kier molecular flexibility index (Phi) is 4.42. The van der Waals surface area contributed by atoms with Crippen molar-refractivity contribution in [3.8, 4) is 5.75 Å². The summed E-state index contributed by atoms with van der Waals surface area (Å²) in [7, 11) is 1.58. The molecule has 0 aliphatic heterocycles. The quantitative estimate of drug-likeness (QED) is 0.839. The van der Waals surface area contributed by atoms with Crippen molar-refractivity contribution in [2.75, 3.05) is 7.11 Å². The van der Waals surface area contributed by atoms with E-state index in [4.69, 9.17) is 9.15 Å². The Morgan fingerprint density at radius 1 is 1.42 bits per heavy atom. The van der Waals surface area contributed by atoms with Gasteiger partial charge in [-0.3, -0.25) is 0 Å². The fourth-order valence-corrected chi connectivity index (χ4v) is 2.52. The van der Waals surface area contributed by atoms with Crippen molar-refractivity contribution in [3.63, 3.8) is 0 Å². The average molecular weight is 282 g/mol. The van der Waals surface area contributed by atoms with Gasteiger partial charge in [-0.1, -0.05) is 0 Å². The Balaban J connectivity index is 2.04. The van der Waals surface area contributed by atoms with Gasteiger partial charge in [-0.15, -0.1) is 22.0 Å². The van der Waals surface area contributed by atoms with Crippen LogP contribution >= 0.6 is 11.8 Å². The van der Waals surface area contributed by atoms with Gasteiger partial charge in [0, 0.05) is 18.2 Å². The molecule has 19 heavy (non-hydrogen) atoms. The van der Waals surface area contributed by atoms with E-state index in [1.807, 2.05) is 6.92 Å². The maximum absolute atomic E-state index is 13.2. The first-order valence-electron chi connectivity index (χ1n) is 5.84. The number of hydrogen-bond acceptors (Lipinski definition) is 5. The molecule has 0 amide bonds. The van der Waals surface area contributed by atoms with Crippen molar-refractivity contribution in [2.24, 2.45) is 0 Å². The van der Waals surface area contributed by atoms with E-state index in [1.54, 1.807) is 31.9 Å². The molecule has 1 heterocycles. The first-order chi connectivity index (χ1) is 9.10. The molecule has 0 aliphatic rings. The standard InChI is InChI=1S/C13H15FN2O2S/c1-8(13-16-15-9(2)18-13)19-7-10-6-11(14)4-5-12(10)17-3/h4-6,8H,7H2,1-3H3. The molecule has 0 spiro atoms. The highest BCUT2D eigenvalue weighted by Crippen LogP contribution is 2.33. The Morgan fingerprint density at radius 2 is 2.21 bits per heavy atom. The SMILES string of the molecule is COc1ccc(F)cc1CSC(C)c1nnc(C)o1. The van der Waals surface area contributed by atoms with Gasteiger partial charge in [-0.2, -0.15) is 0 Å². The van der Waals surface area contributed by atoms with Crippen molar-refractivity contribution >= 4 is 11.8 Å². The number of methoxy groups -OCH3 is 1. The molecule has 1 atom stereocenters. The number of halogens is 1. The zero-order valence-corrected chi connectivity index (χ0v) is 11.8. The summed E-state index contributed by atoms with van der Waals surface area (Å²) >= 11 is 1.59. The third kappa shape index (κ3) is 3.47. The lowest BCUT2D eigenvalue weighted by Gasteiger charge is -2.10. The van der Waals surface area contributed by atoms with E-state index in [1.165, 1.54) is 12.1 Å². The van der Waals surface area contributed by atoms with Crippen LogP contribution in [0.2, 0.25) is 0 Å². The van der Waals surface area contributed by atoms with E-state index in [2.05, 4.69) is 10.2 Å². The first kappa shape index (κ1) is 13.9. The number of hydrogen-bond donors (Lipinski definition) is 0. The molecule has 0 fully saturated rings. The van der Waals surface area contributed by atoms with E-state index in [0.717, 1.165) is 5.56 Å². The van der Waals surface area contributed by atoms with Crippen LogP contribution in [0.15, 0.2) is 22.6 Å². The van der Waals surface area contributed by atoms with Crippen LogP contribution in [0, 0.1) is 12.7 Å². The fourth-order valence-electron chi connectivity index (χ4n) is 1.62. The summed E-state index contributed by atoms with van der Waals surface area (Å²) in [6, 6.07) is 4.50. The van der Waals surface area contributed by atoms with Crippen molar-refractivity contribution in [2.45, 2.75) is 24.9 Å². The summed E-state index contributed by atoms with van der Waals surface area (Å²) in [5, 5.41) is 7.82. The van der Waals surface area contributed by atoms with Gasteiger partial charge in [0.1, 0.15) is 11.6 Å². The largest absolute Gasteiger partial charge is 0.496 e. The highest BCUT2D eigenvalue weighted by Gasteiger charge is 2.14. The first-order valence-corrected chi connectivity index (χ1v) is 6.89. The van der Waals surface area contributed by atoms with Gasteiger partial charge in [0.15, 0.2) is 0 Å². The number of rotatable bonds is 5. The molecule has 0 saturated carbocycles. The number of aryl methyl sites for hydroxylation is 1. The molecule has 0 bridgehead atoms. The molecular weight excluding hydrogens is 267 g/mol. The van der Waals surface area contributed by atoms with Crippen molar-refractivity contribution in [3.05, 3.63) is 41.4 Å². The topological polar surface area (TPSA) is 48.2 Å². The maximum atomic E-state index is 13.2. The van der Waals surface area contributed by atoms with Crippen molar-refractivity contribution in [1.82, 2.24) is 10.2 Å². The second-order valence-corrected chi connectivity index (χ2v) is 5.40. The molecule has 102 valence electrons. The van der Waals surface area contributed by atoms with Gasteiger partial charge in [0.2, 0.25) is 11.8 Å². The van der Waals surface area contributed by atoms with Gasteiger partial charge in [-0.05, 0) is 25.1 Å². The predicted octanol–water partition coefficient (Wildman–Crippen LogP) is 3.52. The van der Waals surface area contributed by atoms with Gasteiger partial charge < -0.3 is 9.15 Å². The van der Waals surface area contributed by atoms with E-state index in [0.29, 0.717) is 23.3 Å². The van der Waals surface area contributed by atoms with Crippen molar-refractivity contribution in [1.29, 1.82) is 0 Å². The van der Waals surface area contributed by atoms with Crippen LogP contribution in [-0.2, 0) is 5.75 Å². The molecule has 0 saturated heterocycles. The van der Waals surface area contributed by atoms with Gasteiger partial charge in [0.25, 0.3) is 0 Å². The molecule has 0 aliphatic carbocycles. The summed E-state index contributed by atoms with van der Waals surface area (Å²) in [6.07, 6.45) is 0. The van der Waals surface area contributed by atoms with Crippen LogP contribution in [0.1, 0.15) is 29.5 Å². The van der Waals surface area contributed by atoms with Gasteiger partial charge in [0.05, 0.1) is 12.4 Å². The molecule has 6 heteroatoms. The maximum Gasteiger partial charge on any atom is 0.229 e. The molecule has 2 aromatic rings. The normalized spacial score (nSPS) is 12.4. The van der Waals surface area contributed by atoms with Crippen LogP contribution < -0.4 is 4.74 Å². The minimum Gasteiger partial charge on any atom is -0.496 e. The molecule has 4 nitrogen and oxygen atoms in total. The number of thioether (sulfide) groups is 1. The second kappa shape index (κ2) is 6.06. The predicted molar refractivity (Wildman–Crippen MR) is 71.7 cm³/mol. The number of benzene rings is 1. The summed E-state index contributed by atoms with van der Waals surface area (Å²) in [4.78, 5) is 0.